The summed E-state index contributed by atoms with van der Waals surface area (Å²) in [7, 11) is 0. The molecular weight excluding hydrogens is 374 g/mol. The summed E-state index contributed by atoms with van der Waals surface area (Å²) in [5.74, 6) is -0.507. The zero-order valence-electron chi connectivity index (χ0n) is 18.4. The fraction of sp³-hybridized carbons (Fsp3) is 0.429. The second-order valence-corrected chi connectivity index (χ2v) is 8.52. The Morgan fingerprint density at radius 1 is 0.867 bits per heavy atom. The van der Waals surface area contributed by atoms with E-state index in [2.05, 4.69) is 37.3 Å². The van der Waals surface area contributed by atoms with E-state index in [1.807, 2.05) is 19.1 Å². The molecule has 1 unspecified atom stereocenters. The standard InChI is InChI=1S/C28H34F2/c1-3-5-21-9-15-24(16-10-21)25-17-11-22(12-18-25)7-8-23-13-19-26(20-14-23)28(30)27(29)6-4-2/h11-15,17-21H,3-10,16H2,1-2H3/b28-27-. The SMILES string of the molecule is CCC/C(F)=C(/F)c1ccc(CCc2ccc(C3=CCC(CCC)CC3)cc2)cc1. The molecule has 2 aromatic rings. The third-order valence-electron chi connectivity index (χ3n) is 6.16. The lowest BCUT2D eigenvalue weighted by molar-refractivity contribution is 0.445. The number of hydrogen-bond donors (Lipinski definition) is 0. The van der Waals surface area contributed by atoms with Crippen LogP contribution in [-0.4, -0.2) is 0 Å². The molecule has 0 nitrogen and oxygen atoms in total. The van der Waals surface area contributed by atoms with Gasteiger partial charge in [-0.05, 0) is 66.7 Å². The Kier molecular flexibility index (Phi) is 8.42. The molecule has 30 heavy (non-hydrogen) atoms. The summed E-state index contributed by atoms with van der Waals surface area (Å²) >= 11 is 0. The van der Waals surface area contributed by atoms with Crippen molar-refractivity contribution in [3.8, 4) is 0 Å². The number of hydrogen-bond acceptors (Lipinski definition) is 0. The third-order valence-corrected chi connectivity index (χ3v) is 6.16. The van der Waals surface area contributed by atoms with E-state index in [1.165, 1.54) is 48.8 Å². The quantitative estimate of drug-likeness (QED) is 0.389. The van der Waals surface area contributed by atoms with Crippen molar-refractivity contribution in [2.75, 3.05) is 0 Å². The van der Waals surface area contributed by atoms with Gasteiger partial charge in [-0.15, -0.1) is 0 Å². The highest BCUT2D eigenvalue weighted by Crippen LogP contribution is 2.32. The van der Waals surface area contributed by atoms with Crippen LogP contribution in [0.4, 0.5) is 8.78 Å². The molecule has 0 spiro atoms. The van der Waals surface area contributed by atoms with E-state index in [0.29, 0.717) is 12.0 Å². The van der Waals surface area contributed by atoms with E-state index in [0.717, 1.165) is 24.3 Å². The predicted molar refractivity (Wildman–Crippen MR) is 125 cm³/mol. The summed E-state index contributed by atoms with van der Waals surface area (Å²) in [6.07, 6.45) is 11.4. The summed E-state index contributed by atoms with van der Waals surface area (Å²) in [5.41, 5.74) is 5.63. The Morgan fingerprint density at radius 3 is 2.03 bits per heavy atom. The van der Waals surface area contributed by atoms with Crippen molar-refractivity contribution in [2.24, 2.45) is 5.92 Å². The molecule has 2 heteroatoms. The molecule has 2 aromatic carbocycles. The molecule has 3 rings (SSSR count). The number of aryl methyl sites for hydroxylation is 2. The topological polar surface area (TPSA) is 0 Å². The average Bonchev–Trinajstić information content (AvgIpc) is 2.79. The monoisotopic (exact) mass is 408 g/mol. The van der Waals surface area contributed by atoms with Crippen LogP contribution in [0.5, 0.6) is 0 Å². The van der Waals surface area contributed by atoms with E-state index in [9.17, 15) is 8.78 Å². The van der Waals surface area contributed by atoms with E-state index >= 15 is 0 Å². The van der Waals surface area contributed by atoms with Gasteiger partial charge < -0.3 is 0 Å². The summed E-state index contributed by atoms with van der Waals surface area (Å²) in [6, 6.07) is 16.1. The van der Waals surface area contributed by atoms with Crippen molar-refractivity contribution in [2.45, 2.75) is 71.6 Å². The first-order valence-electron chi connectivity index (χ1n) is 11.5. The van der Waals surface area contributed by atoms with Gasteiger partial charge >= 0.3 is 0 Å². The molecule has 0 radical (unpaired) electrons. The third kappa shape index (κ3) is 6.14. The Balaban J connectivity index is 1.55. The maximum Gasteiger partial charge on any atom is 0.161 e. The fourth-order valence-corrected chi connectivity index (χ4v) is 4.30. The second kappa shape index (κ2) is 11.2. The van der Waals surface area contributed by atoms with Crippen LogP contribution in [0.2, 0.25) is 0 Å². The molecule has 160 valence electrons. The van der Waals surface area contributed by atoms with E-state index in [1.54, 1.807) is 12.1 Å². The molecular formula is C28H34F2. The van der Waals surface area contributed by atoms with Crippen molar-refractivity contribution in [3.05, 3.63) is 82.7 Å². The minimum Gasteiger partial charge on any atom is -0.209 e. The normalized spacial score (nSPS) is 17.5. The molecule has 0 fully saturated rings. The van der Waals surface area contributed by atoms with Crippen molar-refractivity contribution < 1.29 is 8.78 Å². The molecule has 0 heterocycles. The second-order valence-electron chi connectivity index (χ2n) is 8.52. The largest absolute Gasteiger partial charge is 0.209 e. The number of halogens is 2. The summed E-state index contributed by atoms with van der Waals surface area (Å²) in [6.45, 7) is 4.12. The first kappa shape index (κ1) is 22.5. The van der Waals surface area contributed by atoms with Crippen LogP contribution in [0.3, 0.4) is 0 Å². The Bertz CT molecular complexity index is 857. The summed E-state index contributed by atoms with van der Waals surface area (Å²) in [4.78, 5) is 0. The Hall–Kier alpha value is -2.22. The van der Waals surface area contributed by atoms with Crippen molar-refractivity contribution in [1.82, 2.24) is 0 Å². The van der Waals surface area contributed by atoms with E-state index in [4.69, 9.17) is 0 Å². The van der Waals surface area contributed by atoms with Gasteiger partial charge in [-0.2, -0.15) is 0 Å². The number of benzene rings is 2. The molecule has 0 saturated carbocycles. The van der Waals surface area contributed by atoms with Crippen LogP contribution in [0.15, 0.2) is 60.4 Å². The molecule has 0 saturated heterocycles. The molecule has 0 aromatic heterocycles. The highest BCUT2D eigenvalue weighted by molar-refractivity contribution is 5.66. The molecule has 1 aliphatic carbocycles. The van der Waals surface area contributed by atoms with Crippen molar-refractivity contribution in [1.29, 1.82) is 0 Å². The molecule has 0 aliphatic heterocycles. The zero-order chi connectivity index (χ0) is 21.3. The molecule has 0 bridgehead atoms. The van der Waals surface area contributed by atoms with Gasteiger partial charge in [0.05, 0.1) is 0 Å². The summed E-state index contributed by atoms with van der Waals surface area (Å²) < 4.78 is 27.7. The summed E-state index contributed by atoms with van der Waals surface area (Å²) in [5, 5.41) is 0. The average molecular weight is 409 g/mol. The highest BCUT2D eigenvalue weighted by atomic mass is 19.2. The maximum absolute atomic E-state index is 14.0. The predicted octanol–water partition coefficient (Wildman–Crippen LogP) is 8.86. The molecule has 1 aliphatic rings. The van der Waals surface area contributed by atoms with Gasteiger partial charge in [0.25, 0.3) is 0 Å². The van der Waals surface area contributed by atoms with Gasteiger partial charge in [-0.3, -0.25) is 0 Å². The van der Waals surface area contributed by atoms with Crippen LogP contribution in [0.1, 0.15) is 81.0 Å². The van der Waals surface area contributed by atoms with Crippen molar-refractivity contribution >= 4 is 11.4 Å². The van der Waals surface area contributed by atoms with Gasteiger partial charge in [-0.1, -0.05) is 81.3 Å². The first-order chi connectivity index (χ1) is 14.6. The number of rotatable bonds is 9. The van der Waals surface area contributed by atoms with Gasteiger partial charge in [0.2, 0.25) is 0 Å². The fourth-order valence-electron chi connectivity index (χ4n) is 4.30. The van der Waals surface area contributed by atoms with Crippen LogP contribution in [0.25, 0.3) is 11.4 Å². The van der Waals surface area contributed by atoms with Crippen LogP contribution in [-0.2, 0) is 12.8 Å². The lowest BCUT2D eigenvalue weighted by Gasteiger charge is -2.21. The lowest BCUT2D eigenvalue weighted by Crippen LogP contribution is -2.05. The number of allylic oxidation sites excluding steroid dienone is 3. The van der Waals surface area contributed by atoms with Crippen LogP contribution in [0, 0.1) is 5.92 Å². The smallest absolute Gasteiger partial charge is 0.161 e. The lowest BCUT2D eigenvalue weighted by atomic mass is 9.84. The van der Waals surface area contributed by atoms with Crippen LogP contribution >= 0.6 is 0 Å². The van der Waals surface area contributed by atoms with Gasteiger partial charge in [0.1, 0.15) is 5.83 Å². The maximum atomic E-state index is 14.0. The van der Waals surface area contributed by atoms with E-state index < -0.39 is 11.7 Å². The highest BCUT2D eigenvalue weighted by Gasteiger charge is 2.14. The van der Waals surface area contributed by atoms with Crippen molar-refractivity contribution in [3.63, 3.8) is 0 Å². The first-order valence-corrected chi connectivity index (χ1v) is 11.5. The Labute approximate surface area is 180 Å². The molecule has 0 N–H and O–H groups in total. The van der Waals surface area contributed by atoms with Gasteiger partial charge in [0.15, 0.2) is 5.83 Å². The molecule has 0 amide bonds. The minimum atomic E-state index is -0.725. The zero-order valence-corrected chi connectivity index (χ0v) is 18.4. The molecule has 1 atom stereocenters. The van der Waals surface area contributed by atoms with E-state index in [-0.39, 0.29) is 6.42 Å². The Morgan fingerprint density at radius 2 is 1.50 bits per heavy atom. The van der Waals surface area contributed by atoms with Gasteiger partial charge in [-0.25, -0.2) is 8.78 Å². The van der Waals surface area contributed by atoms with Crippen LogP contribution < -0.4 is 0 Å². The minimum absolute atomic E-state index is 0.153. The van der Waals surface area contributed by atoms with Gasteiger partial charge in [0, 0.05) is 12.0 Å².